The van der Waals surface area contributed by atoms with Crippen LogP contribution >= 0.6 is 0 Å². The van der Waals surface area contributed by atoms with Gasteiger partial charge in [0.25, 0.3) is 5.89 Å². The minimum atomic E-state index is -3.29. The molecule has 0 unspecified atom stereocenters. The lowest BCUT2D eigenvalue weighted by molar-refractivity contribution is -0.123. The molecular formula is C25H26N4O5S. The molecule has 2 aromatic carbocycles. The van der Waals surface area contributed by atoms with Crippen molar-refractivity contribution in [2.45, 2.75) is 49.6 Å². The molecule has 10 heteroatoms. The van der Waals surface area contributed by atoms with Crippen molar-refractivity contribution in [3.8, 4) is 17.2 Å². The summed E-state index contributed by atoms with van der Waals surface area (Å²) < 4.78 is 29.1. The number of aromatic nitrogens is 1. The van der Waals surface area contributed by atoms with E-state index < -0.39 is 33.2 Å². The molecule has 0 aliphatic heterocycles. The first-order valence-corrected chi connectivity index (χ1v) is 13.1. The van der Waals surface area contributed by atoms with E-state index in [2.05, 4.69) is 21.7 Å². The minimum Gasteiger partial charge on any atom is -0.432 e. The van der Waals surface area contributed by atoms with E-state index in [-0.39, 0.29) is 16.7 Å². The Hall–Kier alpha value is -3.71. The summed E-state index contributed by atoms with van der Waals surface area (Å²) in [4.78, 5) is 30.1. The summed E-state index contributed by atoms with van der Waals surface area (Å²) in [5, 5.41) is 14.7. The maximum absolute atomic E-state index is 12.9. The molecule has 0 radical (unpaired) electrons. The largest absolute Gasteiger partial charge is 0.432 e. The third-order valence-corrected chi connectivity index (χ3v) is 6.98. The average Bonchev–Trinajstić information content (AvgIpc) is 3.44. The normalized spacial score (nSPS) is 15.4. The number of rotatable bonds is 8. The molecule has 1 atom stereocenters. The smallest absolute Gasteiger partial charge is 0.307 e. The van der Waals surface area contributed by atoms with Crippen LogP contribution in [0.5, 0.6) is 0 Å². The van der Waals surface area contributed by atoms with Gasteiger partial charge in [0.15, 0.2) is 15.4 Å². The molecule has 1 fully saturated rings. The van der Waals surface area contributed by atoms with Gasteiger partial charge in [-0.05, 0) is 60.6 Å². The number of amides is 2. The Labute approximate surface area is 203 Å². The van der Waals surface area contributed by atoms with E-state index in [0.29, 0.717) is 30.4 Å². The average molecular weight is 495 g/mol. The second kappa shape index (κ2) is 9.15. The van der Waals surface area contributed by atoms with Crippen LogP contribution in [-0.2, 0) is 14.6 Å². The zero-order valence-corrected chi connectivity index (χ0v) is 20.5. The monoisotopic (exact) mass is 494 g/mol. The Kier molecular flexibility index (Phi) is 6.38. The van der Waals surface area contributed by atoms with Gasteiger partial charge in [-0.2, -0.15) is 5.26 Å². The van der Waals surface area contributed by atoms with Gasteiger partial charge in [-0.1, -0.05) is 32.0 Å². The lowest BCUT2D eigenvalue weighted by Crippen LogP contribution is -2.50. The van der Waals surface area contributed by atoms with E-state index in [1.54, 1.807) is 30.3 Å². The summed E-state index contributed by atoms with van der Waals surface area (Å²) >= 11 is 0. The molecule has 2 N–H and O–H groups in total. The van der Waals surface area contributed by atoms with E-state index in [1.807, 2.05) is 13.8 Å². The summed E-state index contributed by atoms with van der Waals surface area (Å²) in [5.74, 6) is -1.07. The van der Waals surface area contributed by atoms with E-state index in [9.17, 15) is 23.3 Å². The van der Waals surface area contributed by atoms with Gasteiger partial charge in [0.2, 0.25) is 5.91 Å². The SMILES string of the molecule is CC(C)C[C@H](NC(=O)c1nc2ccc(-c3ccc(S(C)(=O)=O)cc3)cc2o1)C(=O)NC1(C#N)CC1. The number of carbonyl (C=O) groups is 2. The van der Waals surface area contributed by atoms with Gasteiger partial charge in [0.1, 0.15) is 17.1 Å². The number of carbonyl (C=O) groups excluding carboxylic acids is 2. The van der Waals surface area contributed by atoms with Crippen LogP contribution < -0.4 is 10.6 Å². The third kappa shape index (κ3) is 5.52. The van der Waals surface area contributed by atoms with Crippen LogP contribution in [0.25, 0.3) is 22.2 Å². The minimum absolute atomic E-state index is 0.128. The molecule has 1 heterocycles. The number of fused-ring (bicyclic) bond motifs is 1. The fraction of sp³-hybridized carbons (Fsp3) is 0.360. The van der Waals surface area contributed by atoms with Crippen molar-refractivity contribution < 1.29 is 22.4 Å². The van der Waals surface area contributed by atoms with E-state index >= 15 is 0 Å². The number of nitrogens with one attached hydrogen (secondary N) is 2. The van der Waals surface area contributed by atoms with E-state index in [0.717, 1.165) is 17.4 Å². The van der Waals surface area contributed by atoms with Crippen LogP contribution in [0.15, 0.2) is 51.8 Å². The fourth-order valence-corrected chi connectivity index (χ4v) is 4.36. The summed E-state index contributed by atoms with van der Waals surface area (Å²) in [6, 6.07) is 13.0. The highest BCUT2D eigenvalue weighted by Crippen LogP contribution is 2.34. The predicted molar refractivity (Wildman–Crippen MR) is 129 cm³/mol. The summed E-state index contributed by atoms with van der Waals surface area (Å²) in [6.07, 6.45) is 2.75. The highest BCUT2D eigenvalue weighted by Gasteiger charge is 2.45. The molecular weight excluding hydrogens is 468 g/mol. The van der Waals surface area contributed by atoms with Gasteiger partial charge in [-0.25, -0.2) is 13.4 Å². The predicted octanol–water partition coefficient (Wildman–Crippen LogP) is 3.22. The highest BCUT2D eigenvalue weighted by atomic mass is 32.2. The van der Waals surface area contributed by atoms with Gasteiger partial charge >= 0.3 is 5.91 Å². The second-order valence-electron chi connectivity index (χ2n) is 9.34. The number of oxazole rings is 1. The Morgan fingerprint density at radius 1 is 1.14 bits per heavy atom. The van der Waals surface area contributed by atoms with E-state index in [1.165, 1.54) is 12.1 Å². The van der Waals surface area contributed by atoms with Crippen molar-refractivity contribution in [3.63, 3.8) is 0 Å². The number of nitrogens with zero attached hydrogens (tertiary/aromatic N) is 2. The summed E-state index contributed by atoms with van der Waals surface area (Å²) in [6.45, 7) is 3.88. The Bertz CT molecular complexity index is 1430. The molecule has 1 aromatic heterocycles. The Morgan fingerprint density at radius 3 is 2.37 bits per heavy atom. The molecule has 182 valence electrons. The lowest BCUT2D eigenvalue weighted by Gasteiger charge is -2.21. The van der Waals surface area contributed by atoms with Gasteiger partial charge in [0, 0.05) is 6.26 Å². The number of sulfone groups is 1. The van der Waals surface area contributed by atoms with Gasteiger partial charge in [-0.3, -0.25) is 9.59 Å². The molecule has 0 bridgehead atoms. The van der Waals surface area contributed by atoms with Gasteiger partial charge in [-0.15, -0.1) is 0 Å². The molecule has 4 rings (SSSR count). The highest BCUT2D eigenvalue weighted by molar-refractivity contribution is 7.90. The van der Waals surface area contributed by atoms with Gasteiger partial charge < -0.3 is 15.1 Å². The zero-order chi connectivity index (χ0) is 25.4. The number of benzene rings is 2. The molecule has 2 amide bonds. The van der Waals surface area contributed by atoms with Crippen LogP contribution in [-0.4, -0.2) is 43.1 Å². The number of hydrogen-bond donors (Lipinski definition) is 2. The summed E-state index contributed by atoms with van der Waals surface area (Å²) in [7, 11) is -3.29. The lowest BCUT2D eigenvalue weighted by atomic mass is 10.0. The molecule has 0 saturated heterocycles. The maximum Gasteiger partial charge on any atom is 0.307 e. The second-order valence-corrected chi connectivity index (χ2v) is 11.4. The molecule has 35 heavy (non-hydrogen) atoms. The quantitative estimate of drug-likeness (QED) is 0.489. The van der Waals surface area contributed by atoms with Gasteiger partial charge in [0.05, 0.1) is 11.0 Å². The van der Waals surface area contributed by atoms with Crippen molar-refractivity contribution in [3.05, 3.63) is 48.4 Å². The molecule has 1 aliphatic rings. The van der Waals surface area contributed by atoms with Crippen molar-refractivity contribution in [1.29, 1.82) is 5.26 Å². The van der Waals surface area contributed by atoms with Crippen LogP contribution in [0.1, 0.15) is 43.8 Å². The van der Waals surface area contributed by atoms with Crippen LogP contribution in [0, 0.1) is 17.2 Å². The first kappa shape index (κ1) is 24.4. The topological polar surface area (TPSA) is 142 Å². The third-order valence-electron chi connectivity index (χ3n) is 5.85. The van der Waals surface area contributed by atoms with Crippen molar-refractivity contribution in [2.24, 2.45) is 5.92 Å². The Morgan fingerprint density at radius 2 is 1.80 bits per heavy atom. The van der Waals surface area contributed by atoms with Crippen molar-refractivity contribution in [2.75, 3.05) is 6.26 Å². The van der Waals surface area contributed by atoms with Crippen LogP contribution in [0.4, 0.5) is 0 Å². The molecule has 1 saturated carbocycles. The molecule has 1 aliphatic carbocycles. The summed E-state index contributed by atoms with van der Waals surface area (Å²) in [5.41, 5.74) is 1.57. The first-order chi connectivity index (χ1) is 16.5. The zero-order valence-electron chi connectivity index (χ0n) is 19.7. The standard InChI is InChI=1S/C25H26N4O5S/c1-15(2)12-20(22(30)29-25(14-26)10-11-25)27-23(31)24-28-19-9-6-17(13-21(19)34-24)16-4-7-18(8-5-16)35(3,32)33/h4-9,13,15,20H,10-12H2,1-3H3,(H,27,31)(H,29,30)/t20-/m0/s1. The molecule has 3 aromatic rings. The first-order valence-electron chi connectivity index (χ1n) is 11.2. The molecule has 0 spiro atoms. The maximum atomic E-state index is 12.9. The number of nitriles is 1. The van der Waals surface area contributed by atoms with Crippen molar-refractivity contribution >= 4 is 32.8 Å². The Balaban J connectivity index is 1.53. The fourth-order valence-electron chi connectivity index (χ4n) is 3.73. The number of hydrogen-bond acceptors (Lipinski definition) is 7. The van der Waals surface area contributed by atoms with Crippen molar-refractivity contribution in [1.82, 2.24) is 15.6 Å². The van der Waals surface area contributed by atoms with Crippen LogP contribution in [0.3, 0.4) is 0 Å². The molecule has 9 nitrogen and oxygen atoms in total. The van der Waals surface area contributed by atoms with Crippen LogP contribution in [0.2, 0.25) is 0 Å². The van der Waals surface area contributed by atoms with E-state index in [4.69, 9.17) is 4.42 Å².